The van der Waals surface area contributed by atoms with Gasteiger partial charge in [-0.3, -0.25) is 0 Å². The number of aryl methyl sites for hydroxylation is 11. The first kappa shape index (κ1) is 58.3. The summed E-state index contributed by atoms with van der Waals surface area (Å²) in [5.41, 5.74) is 22.1. The van der Waals surface area contributed by atoms with Crippen molar-refractivity contribution in [3.05, 3.63) is 213 Å². The largest absolute Gasteiger partial charge is 0.212 e. The standard InChI is InChI=1S/C22H32N.3C19H26N/c1-16(2)12-18-13-21(20-11-9-8-10-17(20)3)23(7)15-19(18)14-22(4,5)6;1-14-7-9-17(15(2)11-14)18-10-8-16(13-20(18)6)12-19(3,4)5;2*1-14-9-7-8-10-17(14)18-11-15(2)16(13-20(18)6)12-19(3,4)5/h8-11,13,15-16H,12,14H2,1-7H3;3*7-11,13H,12H2,1-6H3/q4*+1/i12D2,14D2;;12D2;. The molecule has 0 aliphatic heterocycles. The highest BCUT2D eigenvalue weighted by atomic mass is 14.9. The van der Waals surface area contributed by atoms with Crippen LogP contribution in [-0.4, -0.2) is 0 Å². The van der Waals surface area contributed by atoms with Crippen molar-refractivity contribution in [3.8, 4) is 45.0 Å². The maximum absolute atomic E-state index is 8.78. The fraction of sp³-hybridized carbons (Fsp3) is 0.443. The molecule has 0 atom stereocenters. The van der Waals surface area contributed by atoms with Crippen LogP contribution >= 0.6 is 0 Å². The van der Waals surface area contributed by atoms with Crippen molar-refractivity contribution in [2.45, 2.75) is 177 Å². The molecule has 0 radical (unpaired) electrons. The second-order valence-corrected chi connectivity index (χ2v) is 28.3. The number of nitrogens with zero attached hydrogens (tertiary/aromatic N) is 4. The molecule has 0 saturated carbocycles. The van der Waals surface area contributed by atoms with E-state index in [0.717, 1.165) is 46.5 Å². The highest BCUT2D eigenvalue weighted by molar-refractivity contribution is 5.64. The van der Waals surface area contributed by atoms with Crippen LogP contribution in [0, 0.1) is 76.0 Å². The van der Waals surface area contributed by atoms with E-state index in [4.69, 9.17) is 8.22 Å². The molecule has 0 aliphatic carbocycles. The van der Waals surface area contributed by atoms with Crippen molar-refractivity contribution in [1.29, 1.82) is 0 Å². The molecule has 0 spiro atoms. The summed E-state index contributed by atoms with van der Waals surface area (Å²) in [6, 6.07) is 42.3. The first-order valence-electron chi connectivity index (χ1n) is 33.1. The van der Waals surface area contributed by atoms with Crippen LogP contribution in [0.25, 0.3) is 45.0 Å². The SMILES string of the molecule is Cc1cc(-c2ccccc2C)[n+](C)cc1CC(C)(C)C.Cc1ccc(-c2ccc(CC(C)(C)C)c[n+]2C)c(C)c1.[2H]C([2H])(c1c[n+](C)c(-c2ccccc2C)cc1C)C(C)(C)C.[2H]C([2H])(c1cc(-c2ccccc2C)[n+](C)cc1C([2H])([2H])C(C)(C)C)C(C)C. The van der Waals surface area contributed by atoms with Crippen molar-refractivity contribution in [1.82, 2.24) is 0 Å². The van der Waals surface area contributed by atoms with Crippen LogP contribution in [0.2, 0.25) is 0 Å². The van der Waals surface area contributed by atoms with Crippen LogP contribution in [0.1, 0.15) is 172 Å². The molecule has 4 nitrogen and oxygen atoms in total. The highest BCUT2D eigenvalue weighted by Gasteiger charge is 2.24. The van der Waals surface area contributed by atoms with Gasteiger partial charge in [0.2, 0.25) is 22.8 Å². The molecule has 0 N–H and O–H groups in total. The van der Waals surface area contributed by atoms with Gasteiger partial charge in [-0.05, 0) is 177 Å². The smallest absolute Gasteiger partial charge is 0.201 e. The van der Waals surface area contributed by atoms with Crippen LogP contribution < -0.4 is 18.3 Å². The van der Waals surface area contributed by atoms with E-state index in [1.807, 2.05) is 141 Å². The third-order valence-electron chi connectivity index (χ3n) is 14.4. The molecular formula is C79H110N4+4. The molecule has 442 valence electrons. The predicted octanol–water partition coefficient (Wildman–Crippen LogP) is 18.4. The zero-order chi connectivity index (χ0) is 67.3. The molecule has 4 heteroatoms. The van der Waals surface area contributed by atoms with Gasteiger partial charge in [0.15, 0.2) is 24.8 Å². The Hall–Kier alpha value is -6.52. The van der Waals surface area contributed by atoms with Crippen LogP contribution in [0.5, 0.6) is 0 Å². The van der Waals surface area contributed by atoms with E-state index in [2.05, 4.69) is 191 Å². The number of rotatable bonds is 10. The average molecular weight is 1120 g/mol. The Labute approximate surface area is 515 Å². The van der Waals surface area contributed by atoms with Crippen molar-refractivity contribution in [3.63, 3.8) is 0 Å². The normalized spacial score (nSPS) is 13.4. The van der Waals surface area contributed by atoms with Gasteiger partial charge in [-0.25, -0.2) is 18.3 Å². The summed E-state index contributed by atoms with van der Waals surface area (Å²) in [5, 5.41) is 0. The Kier molecular flexibility index (Phi) is 19.9. The van der Waals surface area contributed by atoms with E-state index < -0.39 is 29.9 Å². The molecule has 8 rings (SSSR count). The zero-order valence-corrected chi connectivity index (χ0v) is 56.1. The molecule has 0 bridgehead atoms. The Morgan fingerprint density at radius 3 is 1.14 bits per heavy atom. The molecule has 4 aromatic carbocycles. The molecule has 0 aliphatic rings. The van der Waals surface area contributed by atoms with Crippen molar-refractivity contribution in [2.75, 3.05) is 0 Å². The molecular weight excluding hydrogens is 1000 g/mol. The quantitative estimate of drug-likeness (QED) is 0.121. The zero-order valence-electron chi connectivity index (χ0n) is 62.1. The minimum absolute atomic E-state index is 0.274. The van der Waals surface area contributed by atoms with Gasteiger partial charge in [-0.2, -0.15) is 0 Å². The lowest BCUT2D eigenvalue weighted by Gasteiger charge is -2.21. The summed E-state index contributed by atoms with van der Waals surface area (Å²) in [4.78, 5) is 0. The monoisotopic (exact) mass is 1120 g/mol. The number of pyridine rings is 4. The van der Waals surface area contributed by atoms with Gasteiger partial charge in [-0.15, -0.1) is 0 Å². The molecule has 0 fully saturated rings. The molecule has 0 unspecified atom stereocenters. The van der Waals surface area contributed by atoms with Crippen LogP contribution in [0.3, 0.4) is 0 Å². The van der Waals surface area contributed by atoms with Crippen molar-refractivity contribution in [2.24, 2.45) is 55.8 Å². The maximum atomic E-state index is 8.78. The molecule has 0 amide bonds. The minimum atomic E-state index is -1.67. The lowest BCUT2D eigenvalue weighted by atomic mass is 9.85. The predicted molar refractivity (Wildman–Crippen MR) is 357 cm³/mol. The Morgan fingerprint density at radius 1 is 0.349 bits per heavy atom. The number of hydrogen-bond donors (Lipinski definition) is 0. The molecule has 4 heterocycles. The first-order valence-corrected chi connectivity index (χ1v) is 30.1. The van der Waals surface area contributed by atoms with Gasteiger partial charge in [0.25, 0.3) is 0 Å². The average Bonchev–Trinajstić information content (AvgIpc) is 0.998. The third-order valence-corrected chi connectivity index (χ3v) is 14.4. The van der Waals surface area contributed by atoms with Gasteiger partial charge < -0.3 is 0 Å². The van der Waals surface area contributed by atoms with Gasteiger partial charge in [-0.1, -0.05) is 169 Å². The first-order chi connectivity index (χ1) is 40.8. The van der Waals surface area contributed by atoms with Gasteiger partial charge >= 0.3 is 0 Å². The number of benzene rings is 4. The Balaban J connectivity index is 0.000000218. The summed E-state index contributed by atoms with van der Waals surface area (Å²) in [7, 11) is 8.18. The maximum Gasteiger partial charge on any atom is 0.212 e. The van der Waals surface area contributed by atoms with Crippen LogP contribution in [0.4, 0.5) is 0 Å². The second-order valence-electron chi connectivity index (χ2n) is 28.3. The lowest BCUT2D eigenvalue weighted by Crippen LogP contribution is -2.33. The summed E-state index contributed by atoms with van der Waals surface area (Å²) in [6.45, 7) is 43.7. The molecule has 83 heavy (non-hydrogen) atoms. The fourth-order valence-electron chi connectivity index (χ4n) is 10.6. The fourth-order valence-corrected chi connectivity index (χ4v) is 10.6. The molecule has 0 saturated heterocycles. The summed E-state index contributed by atoms with van der Waals surface area (Å²) < 4.78 is 60.5. The van der Waals surface area contributed by atoms with E-state index in [1.54, 1.807) is 6.20 Å². The summed E-state index contributed by atoms with van der Waals surface area (Å²) in [5.74, 6) is -0.274. The van der Waals surface area contributed by atoms with E-state index in [9.17, 15) is 0 Å². The third kappa shape index (κ3) is 20.7. The van der Waals surface area contributed by atoms with Crippen LogP contribution in [-0.2, 0) is 60.2 Å². The summed E-state index contributed by atoms with van der Waals surface area (Å²) >= 11 is 0. The highest BCUT2D eigenvalue weighted by Crippen LogP contribution is 2.31. The topological polar surface area (TPSA) is 15.5 Å². The van der Waals surface area contributed by atoms with Crippen LogP contribution in [0.15, 0.2) is 146 Å². The van der Waals surface area contributed by atoms with Crippen molar-refractivity contribution >= 4 is 0 Å². The summed E-state index contributed by atoms with van der Waals surface area (Å²) in [6.07, 6.45) is 5.81. The van der Waals surface area contributed by atoms with E-state index in [1.165, 1.54) is 67.0 Å². The van der Waals surface area contributed by atoms with E-state index >= 15 is 0 Å². The lowest BCUT2D eigenvalue weighted by molar-refractivity contribution is -0.661. The van der Waals surface area contributed by atoms with Gasteiger partial charge in [0.05, 0.1) is 0 Å². The van der Waals surface area contributed by atoms with E-state index in [0.29, 0.717) is 22.0 Å². The number of hydrogen-bond acceptors (Lipinski definition) is 0. The molecule has 8 aromatic rings. The molecule has 4 aromatic heterocycles. The number of aromatic nitrogens is 4. The minimum Gasteiger partial charge on any atom is -0.201 e. The van der Waals surface area contributed by atoms with Crippen molar-refractivity contribution < 1.29 is 26.5 Å². The van der Waals surface area contributed by atoms with E-state index in [-0.39, 0.29) is 5.92 Å². The Bertz CT molecular complexity index is 3750. The Morgan fingerprint density at radius 2 is 0.735 bits per heavy atom. The van der Waals surface area contributed by atoms with Gasteiger partial charge in [0, 0.05) is 77.0 Å². The second kappa shape index (κ2) is 28.4. The van der Waals surface area contributed by atoms with Gasteiger partial charge in [0.1, 0.15) is 28.2 Å².